The summed E-state index contributed by atoms with van der Waals surface area (Å²) in [4.78, 5) is 26.6. The number of hydrogen-bond acceptors (Lipinski definition) is 3. The van der Waals surface area contributed by atoms with E-state index in [2.05, 4.69) is 10.6 Å². The molecule has 0 spiro atoms. The van der Waals surface area contributed by atoms with E-state index in [9.17, 15) is 9.59 Å². The van der Waals surface area contributed by atoms with E-state index >= 15 is 0 Å². The molecule has 3 aromatic carbocycles. The first-order valence-corrected chi connectivity index (χ1v) is 9.96. The molecule has 2 amide bonds. The van der Waals surface area contributed by atoms with Crippen LogP contribution < -0.4 is 10.6 Å². The van der Waals surface area contributed by atoms with Gasteiger partial charge in [0.15, 0.2) is 5.11 Å². The molecule has 0 aromatic heterocycles. The van der Waals surface area contributed by atoms with Gasteiger partial charge in [0.25, 0.3) is 5.91 Å². The van der Waals surface area contributed by atoms with Crippen molar-refractivity contribution >= 4 is 34.8 Å². The fourth-order valence-corrected chi connectivity index (χ4v) is 3.23. The van der Waals surface area contributed by atoms with Gasteiger partial charge < -0.3 is 15.5 Å². The normalized spacial score (nSPS) is 10.2. The van der Waals surface area contributed by atoms with Crippen LogP contribution in [0, 0.1) is 0 Å². The summed E-state index contributed by atoms with van der Waals surface area (Å²) in [6.45, 7) is 0.519. The molecule has 0 heterocycles. The lowest BCUT2D eigenvalue weighted by Gasteiger charge is -2.18. The van der Waals surface area contributed by atoms with Gasteiger partial charge in [-0.3, -0.25) is 9.59 Å². The zero-order chi connectivity index (χ0) is 21.3. The Morgan fingerprint density at radius 1 is 0.867 bits per heavy atom. The summed E-state index contributed by atoms with van der Waals surface area (Å²) in [5.41, 5.74) is 3.15. The highest BCUT2D eigenvalue weighted by Gasteiger charge is 2.13. The lowest BCUT2D eigenvalue weighted by Crippen LogP contribution is -2.35. The fourth-order valence-electron chi connectivity index (χ4n) is 2.99. The van der Waals surface area contributed by atoms with Gasteiger partial charge >= 0.3 is 0 Å². The molecule has 0 saturated heterocycles. The van der Waals surface area contributed by atoms with Crippen LogP contribution in [0.15, 0.2) is 84.9 Å². The lowest BCUT2D eigenvalue weighted by molar-refractivity contribution is -0.119. The van der Waals surface area contributed by atoms with Gasteiger partial charge in [-0.1, -0.05) is 66.7 Å². The highest BCUT2D eigenvalue weighted by atomic mass is 32.1. The molecule has 0 aliphatic heterocycles. The highest BCUT2D eigenvalue weighted by Crippen LogP contribution is 2.14. The fraction of sp³-hybridized carbons (Fsp3) is 0.125. The van der Waals surface area contributed by atoms with Crippen molar-refractivity contribution < 1.29 is 9.59 Å². The van der Waals surface area contributed by atoms with Gasteiger partial charge in [-0.25, -0.2) is 0 Å². The van der Waals surface area contributed by atoms with E-state index in [1.54, 1.807) is 36.2 Å². The number of thiocarbonyl (C=S) groups is 1. The summed E-state index contributed by atoms with van der Waals surface area (Å²) >= 11 is 5.24. The van der Waals surface area contributed by atoms with Crippen LogP contribution in [0.5, 0.6) is 0 Å². The van der Waals surface area contributed by atoms with Gasteiger partial charge in [-0.15, -0.1) is 0 Å². The van der Waals surface area contributed by atoms with Crippen LogP contribution in [0.1, 0.15) is 21.5 Å². The molecule has 3 aromatic rings. The molecule has 0 fully saturated rings. The maximum absolute atomic E-state index is 12.8. The van der Waals surface area contributed by atoms with Gasteiger partial charge in [0.05, 0.1) is 6.42 Å². The minimum absolute atomic E-state index is 0.0958. The van der Waals surface area contributed by atoms with Crippen molar-refractivity contribution in [3.05, 3.63) is 102 Å². The third kappa shape index (κ3) is 6.25. The van der Waals surface area contributed by atoms with Crippen LogP contribution in [-0.4, -0.2) is 28.9 Å². The number of benzene rings is 3. The number of carbonyl (C=O) groups excluding carboxylic acids is 2. The first-order valence-electron chi connectivity index (χ1n) is 9.55. The van der Waals surface area contributed by atoms with Gasteiger partial charge in [0.1, 0.15) is 0 Å². The van der Waals surface area contributed by atoms with Gasteiger partial charge in [-0.2, -0.15) is 0 Å². The molecular weight excluding hydrogens is 394 g/mol. The van der Waals surface area contributed by atoms with Crippen molar-refractivity contribution in [1.82, 2.24) is 10.2 Å². The van der Waals surface area contributed by atoms with Crippen molar-refractivity contribution in [2.75, 3.05) is 12.4 Å². The van der Waals surface area contributed by atoms with Crippen LogP contribution in [-0.2, 0) is 17.8 Å². The SMILES string of the molecule is CN(Cc1ccccc1)C(=O)c1cccc(NC(=S)NC(=O)Cc2ccccc2)c1. The molecule has 0 aliphatic carbocycles. The van der Waals surface area contributed by atoms with E-state index < -0.39 is 0 Å². The summed E-state index contributed by atoms with van der Waals surface area (Å²) in [5, 5.41) is 5.83. The molecule has 0 aliphatic rings. The van der Waals surface area contributed by atoms with Crippen LogP contribution in [0.2, 0.25) is 0 Å². The Morgan fingerprint density at radius 3 is 2.17 bits per heavy atom. The number of anilines is 1. The van der Waals surface area contributed by atoms with Crippen molar-refractivity contribution in [3.8, 4) is 0 Å². The average molecular weight is 418 g/mol. The number of nitrogens with one attached hydrogen (secondary N) is 2. The standard InChI is InChI=1S/C24H23N3O2S/c1-27(17-19-11-6-3-7-12-19)23(29)20-13-8-14-21(16-20)25-24(30)26-22(28)15-18-9-4-2-5-10-18/h2-14,16H,15,17H2,1H3,(H2,25,26,28,30). The summed E-state index contributed by atoms with van der Waals surface area (Å²) in [6.07, 6.45) is 0.242. The predicted octanol–water partition coefficient (Wildman–Crippen LogP) is 4.01. The van der Waals surface area contributed by atoms with E-state index in [-0.39, 0.29) is 23.3 Å². The first-order chi connectivity index (χ1) is 14.5. The van der Waals surface area contributed by atoms with Crippen molar-refractivity contribution in [1.29, 1.82) is 0 Å². The molecule has 30 heavy (non-hydrogen) atoms. The summed E-state index contributed by atoms with van der Waals surface area (Å²) in [6, 6.07) is 26.3. The minimum Gasteiger partial charge on any atom is -0.337 e. The molecule has 6 heteroatoms. The largest absolute Gasteiger partial charge is 0.337 e. The van der Waals surface area contributed by atoms with Crippen molar-refractivity contribution in [3.63, 3.8) is 0 Å². The number of carbonyl (C=O) groups is 2. The van der Waals surface area contributed by atoms with Gasteiger partial charge in [-0.05, 0) is 41.5 Å². The molecule has 152 valence electrons. The smallest absolute Gasteiger partial charge is 0.253 e. The first kappa shape index (κ1) is 21.2. The Kier molecular flexibility index (Phi) is 7.29. The number of rotatable bonds is 6. The molecule has 0 unspecified atom stereocenters. The molecule has 0 radical (unpaired) electrons. The second-order valence-electron chi connectivity index (χ2n) is 6.89. The van der Waals surface area contributed by atoms with Gasteiger partial charge in [0, 0.05) is 24.8 Å². The van der Waals surface area contributed by atoms with Gasteiger partial charge in [0.2, 0.25) is 5.91 Å². The third-order valence-corrected chi connectivity index (χ3v) is 4.64. The molecule has 5 nitrogen and oxygen atoms in total. The quantitative estimate of drug-likeness (QED) is 0.595. The second-order valence-corrected chi connectivity index (χ2v) is 7.30. The van der Waals surface area contributed by atoms with Crippen molar-refractivity contribution in [2.45, 2.75) is 13.0 Å². The summed E-state index contributed by atoms with van der Waals surface area (Å²) in [7, 11) is 1.77. The Hall–Kier alpha value is -3.51. The Morgan fingerprint density at radius 2 is 1.50 bits per heavy atom. The highest BCUT2D eigenvalue weighted by molar-refractivity contribution is 7.80. The van der Waals surface area contributed by atoms with Crippen LogP contribution >= 0.6 is 12.2 Å². The number of amides is 2. The Balaban J connectivity index is 1.57. The van der Waals surface area contributed by atoms with E-state index in [1.807, 2.05) is 60.7 Å². The zero-order valence-electron chi connectivity index (χ0n) is 16.7. The maximum atomic E-state index is 12.8. The molecule has 3 rings (SSSR count). The predicted molar refractivity (Wildman–Crippen MR) is 123 cm³/mol. The van der Waals surface area contributed by atoms with Crippen molar-refractivity contribution in [2.24, 2.45) is 0 Å². The summed E-state index contributed by atoms with van der Waals surface area (Å²) in [5.74, 6) is -0.296. The van der Waals surface area contributed by atoms with Crippen LogP contribution in [0.4, 0.5) is 5.69 Å². The average Bonchev–Trinajstić information content (AvgIpc) is 2.74. The molecule has 0 atom stereocenters. The molecule has 2 N–H and O–H groups in total. The van der Waals surface area contributed by atoms with Crippen LogP contribution in [0.3, 0.4) is 0 Å². The van der Waals surface area contributed by atoms with E-state index in [4.69, 9.17) is 12.2 Å². The Bertz CT molecular complexity index is 1020. The van der Waals surface area contributed by atoms with E-state index in [1.165, 1.54) is 0 Å². The summed E-state index contributed by atoms with van der Waals surface area (Å²) < 4.78 is 0. The van der Waals surface area contributed by atoms with E-state index in [0.29, 0.717) is 17.8 Å². The lowest BCUT2D eigenvalue weighted by atomic mass is 10.1. The number of nitrogens with zero attached hydrogens (tertiary/aromatic N) is 1. The maximum Gasteiger partial charge on any atom is 0.253 e. The topological polar surface area (TPSA) is 61.4 Å². The van der Waals surface area contributed by atoms with Crippen LogP contribution in [0.25, 0.3) is 0 Å². The molecule has 0 saturated carbocycles. The second kappa shape index (κ2) is 10.3. The number of hydrogen-bond donors (Lipinski definition) is 2. The third-order valence-electron chi connectivity index (χ3n) is 4.44. The zero-order valence-corrected chi connectivity index (χ0v) is 17.5. The molecule has 0 bridgehead atoms. The Labute approximate surface area is 181 Å². The van der Waals surface area contributed by atoms with E-state index in [0.717, 1.165) is 11.1 Å². The minimum atomic E-state index is -0.200. The monoisotopic (exact) mass is 417 g/mol. The molecular formula is C24H23N3O2S.